The van der Waals surface area contributed by atoms with E-state index in [0.29, 0.717) is 0 Å². The summed E-state index contributed by atoms with van der Waals surface area (Å²) in [6, 6.07) is 14.3. The van der Waals surface area contributed by atoms with E-state index >= 15 is 0 Å². The molecule has 28 heavy (non-hydrogen) atoms. The zero-order valence-electron chi connectivity index (χ0n) is 15.1. The number of piperazine rings is 1. The molecule has 0 unspecified atom stereocenters. The second-order valence-corrected chi connectivity index (χ2v) is 8.07. The van der Waals surface area contributed by atoms with Gasteiger partial charge >= 0.3 is 0 Å². The minimum Gasteiger partial charge on any atom is -0.386 e. The van der Waals surface area contributed by atoms with Crippen molar-refractivity contribution >= 4 is 22.1 Å². The first-order valence-electron chi connectivity index (χ1n) is 8.71. The molecule has 1 fully saturated rings. The number of hydrogen-bond donors (Lipinski definition) is 0. The Morgan fingerprint density at radius 1 is 1.04 bits per heavy atom. The Balaban J connectivity index is 1.48. The number of benzene rings is 2. The van der Waals surface area contributed by atoms with E-state index in [1.807, 2.05) is 0 Å². The average molecular weight is 405 g/mol. The van der Waals surface area contributed by atoms with Crippen LogP contribution < -0.4 is 0 Å². The van der Waals surface area contributed by atoms with Crippen LogP contribution in [0.15, 0.2) is 64.6 Å². The zero-order valence-corrected chi connectivity index (χ0v) is 15.9. The molecule has 9 heteroatoms. The van der Waals surface area contributed by atoms with Crippen LogP contribution in [0.4, 0.5) is 4.39 Å². The van der Waals surface area contributed by atoms with E-state index in [-0.39, 0.29) is 49.2 Å². The molecule has 0 atom stereocenters. The first kappa shape index (κ1) is 20.0. The molecule has 0 radical (unpaired) electrons. The maximum Gasteiger partial charge on any atom is 0.263 e. The summed E-state index contributed by atoms with van der Waals surface area (Å²) >= 11 is 0. The number of amides is 1. The third kappa shape index (κ3) is 4.73. The minimum absolute atomic E-state index is 0.210. The van der Waals surface area contributed by atoms with E-state index in [4.69, 9.17) is 4.84 Å². The van der Waals surface area contributed by atoms with Crippen LogP contribution in [0.1, 0.15) is 5.56 Å². The highest BCUT2D eigenvalue weighted by Gasteiger charge is 2.30. The molecule has 0 bridgehead atoms. The van der Waals surface area contributed by atoms with E-state index in [1.165, 1.54) is 27.6 Å². The average Bonchev–Trinajstić information content (AvgIpc) is 2.73. The Morgan fingerprint density at radius 2 is 1.68 bits per heavy atom. The molecule has 0 aromatic heterocycles. The van der Waals surface area contributed by atoms with Gasteiger partial charge in [0.1, 0.15) is 5.82 Å². The van der Waals surface area contributed by atoms with Crippen molar-refractivity contribution in [3.05, 3.63) is 66.0 Å². The number of halogens is 1. The first-order chi connectivity index (χ1) is 13.5. The highest BCUT2D eigenvalue weighted by Crippen LogP contribution is 2.17. The van der Waals surface area contributed by atoms with Crippen molar-refractivity contribution in [3.8, 4) is 0 Å². The van der Waals surface area contributed by atoms with Gasteiger partial charge in [0, 0.05) is 31.7 Å². The Kier molecular flexibility index (Phi) is 6.37. The monoisotopic (exact) mass is 405 g/mol. The van der Waals surface area contributed by atoms with Gasteiger partial charge in [-0.05, 0) is 18.2 Å². The summed E-state index contributed by atoms with van der Waals surface area (Å²) in [5, 5.41) is 3.61. The number of nitrogens with zero attached hydrogens (tertiary/aromatic N) is 3. The topological polar surface area (TPSA) is 79.3 Å². The maximum atomic E-state index is 13.4. The summed E-state index contributed by atoms with van der Waals surface area (Å²) in [7, 11) is -3.56. The van der Waals surface area contributed by atoms with Crippen molar-refractivity contribution in [2.45, 2.75) is 4.90 Å². The lowest BCUT2D eigenvalue weighted by atomic mass is 10.2. The number of carbonyl (C=O) groups excluding carboxylic acids is 1. The molecular formula is C19H20FN3O4S. The number of oxime groups is 1. The van der Waals surface area contributed by atoms with Crippen LogP contribution in [0.2, 0.25) is 0 Å². The second kappa shape index (κ2) is 8.94. The molecule has 0 aliphatic carbocycles. The highest BCUT2D eigenvalue weighted by atomic mass is 32.2. The fourth-order valence-corrected chi connectivity index (χ4v) is 4.22. The fraction of sp³-hybridized carbons (Fsp3) is 0.263. The van der Waals surface area contributed by atoms with Crippen LogP contribution in [0.25, 0.3) is 0 Å². The van der Waals surface area contributed by atoms with Gasteiger partial charge in [0.05, 0.1) is 11.1 Å². The van der Waals surface area contributed by atoms with Gasteiger partial charge in [0.25, 0.3) is 5.91 Å². The van der Waals surface area contributed by atoms with Crippen LogP contribution in [0, 0.1) is 5.82 Å². The molecule has 7 nitrogen and oxygen atoms in total. The smallest absolute Gasteiger partial charge is 0.263 e. The molecule has 1 amide bonds. The first-order valence-corrected chi connectivity index (χ1v) is 10.2. The van der Waals surface area contributed by atoms with Crippen molar-refractivity contribution in [3.63, 3.8) is 0 Å². The Hall–Kier alpha value is -2.78. The summed E-state index contributed by atoms with van der Waals surface area (Å²) in [5.41, 5.74) is 0.259. The van der Waals surface area contributed by atoms with Crippen molar-refractivity contribution < 1.29 is 22.4 Å². The van der Waals surface area contributed by atoms with E-state index < -0.39 is 15.8 Å². The number of rotatable bonds is 6. The van der Waals surface area contributed by atoms with Gasteiger partial charge in [-0.25, -0.2) is 12.8 Å². The second-order valence-electron chi connectivity index (χ2n) is 6.13. The van der Waals surface area contributed by atoms with Gasteiger partial charge in [-0.15, -0.1) is 0 Å². The van der Waals surface area contributed by atoms with Crippen LogP contribution >= 0.6 is 0 Å². The number of sulfonamides is 1. The lowest BCUT2D eigenvalue weighted by Gasteiger charge is -2.33. The summed E-state index contributed by atoms with van der Waals surface area (Å²) < 4.78 is 40.0. The normalized spacial score (nSPS) is 15.7. The molecule has 3 rings (SSSR count). The third-order valence-electron chi connectivity index (χ3n) is 4.33. The molecule has 1 aliphatic rings. The SMILES string of the molecule is O=C(CO/N=C\c1ccccc1F)N1CCN(S(=O)(=O)c2ccccc2)CC1. The number of hydrogen-bond acceptors (Lipinski definition) is 5. The van der Waals surface area contributed by atoms with Crippen LogP contribution in [-0.4, -0.2) is 62.5 Å². The molecule has 2 aromatic rings. The van der Waals surface area contributed by atoms with Gasteiger partial charge in [-0.3, -0.25) is 4.79 Å². The third-order valence-corrected chi connectivity index (χ3v) is 6.24. The van der Waals surface area contributed by atoms with E-state index in [2.05, 4.69) is 5.16 Å². The quantitative estimate of drug-likeness (QED) is 0.541. The molecular weight excluding hydrogens is 385 g/mol. The largest absolute Gasteiger partial charge is 0.386 e. The molecule has 148 valence electrons. The molecule has 2 aromatic carbocycles. The van der Waals surface area contributed by atoms with Crippen molar-refractivity contribution in [2.75, 3.05) is 32.8 Å². The van der Waals surface area contributed by atoms with Gasteiger partial charge in [0.2, 0.25) is 10.0 Å². The van der Waals surface area contributed by atoms with Crippen LogP contribution in [0.5, 0.6) is 0 Å². The molecule has 1 aliphatic heterocycles. The van der Waals surface area contributed by atoms with E-state index in [1.54, 1.807) is 42.5 Å². The summed E-state index contributed by atoms with van der Waals surface area (Å²) in [6.45, 7) is 0.663. The van der Waals surface area contributed by atoms with Crippen molar-refractivity contribution in [1.29, 1.82) is 0 Å². The molecule has 0 spiro atoms. The van der Waals surface area contributed by atoms with E-state index in [0.717, 1.165) is 0 Å². The summed E-state index contributed by atoms with van der Waals surface area (Å²) in [6.07, 6.45) is 1.20. The lowest BCUT2D eigenvalue weighted by Crippen LogP contribution is -2.51. The Labute approximate surface area is 163 Å². The maximum absolute atomic E-state index is 13.4. The number of carbonyl (C=O) groups is 1. The predicted octanol–water partition coefficient (Wildman–Crippen LogP) is 1.71. The summed E-state index contributed by atoms with van der Waals surface area (Å²) in [4.78, 5) is 18.9. The van der Waals surface area contributed by atoms with Crippen molar-refractivity contribution in [2.24, 2.45) is 5.16 Å². The van der Waals surface area contributed by atoms with Crippen LogP contribution in [-0.2, 0) is 19.7 Å². The van der Waals surface area contributed by atoms with Gasteiger partial charge in [-0.2, -0.15) is 4.31 Å². The molecule has 1 heterocycles. The van der Waals surface area contributed by atoms with Crippen LogP contribution in [0.3, 0.4) is 0 Å². The fourth-order valence-electron chi connectivity index (χ4n) is 2.78. The summed E-state index contributed by atoms with van der Waals surface area (Å²) in [5.74, 6) is -0.737. The van der Waals surface area contributed by atoms with Crippen molar-refractivity contribution in [1.82, 2.24) is 9.21 Å². The molecule has 0 saturated carbocycles. The molecule has 0 N–H and O–H groups in total. The highest BCUT2D eigenvalue weighted by molar-refractivity contribution is 7.89. The Bertz CT molecular complexity index is 943. The van der Waals surface area contributed by atoms with Gasteiger partial charge < -0.3 is 9.74 Å². The standard InChI is InChI=1S/C19H20FN3O4S/c20-18-9-5-4-6-16(18)14-21-27-15-19(24)22-10-12-23(13-11-22)28(25,26)17-7-2-1-3-8-17/h1-9,14H,10-13,15H2/b21-14-. The van der Waals surface area contributed by atoms with E-state index in [9.17, 15) is 17.6 Å². The molecule has 1 saturated heterocycles. The minimum atomic E-state index is -3.56. The lowest BCUT2D eigenvalue weighted by molar-refractivity contribution is -0.137. The van der Waals surface area contributed by atoms with Gasteiger partial charge in [-0.1, -0.05) is 41.6 Å². The zero-order chi connectivity index (χ0) is 20.0. The van der Waals surface area contributed by atoms with Gasteiger partial charge in [0.15, 0.2) is 6.61 Å². The predicted molar refractivity (Wildman–Crippen MR) is 102 cm³/mol. The Morgan fingerprint density at radius 3 is 2.36 bits per heavy atom.